The van der Waals surface area contributed by atoms with Gasteiger partial charge in [-0.25, -0.2) is 19.0 Å². The lowest BCUT2D eigenvalue weighted by molar-refractivity contribution is -0.139. The van der Waals surface area contributed by atoms with Gasteiger partial charge in [0.05, 0.1) is 34.0 Å². The van der Waals surface area contributed by atoms with E-state index in [4.69, 9.17) is 14.3 Å². The quantitative estimate of drug-likeness (QED) is 0.377. The number of allylic oxidation sites excluding steroid dienone is 1. The van der Waals surface area contributed by atoms with Crippen LogP contribution in [-0.4, -0.2) is 28.2 Å². The molecular formula is C28H21FN2O6S. The van der Waals surface area contributed by atoms with Gasteiger partial charge in [-0.05, 0) is 55.8 Å². The Balaban J connectivity index is 1.59. The van der Waals surface area contributed by atoms with Crippen LogP contribution in [0.5, 0.6) is 0 Å². The number of aromatic carboxylic acids is 1. The summed E-state index contributed by atoms with van der Waals surface area (Å²) >= 11 is 1.14. The predicted octanol–water partition coefficient (Wildman–Crippen LogP) is 3.90. The number of furan rings is 1. The lowest BCUT2D eigenvalue weighted by Gasteiger charge is -2.24. The van der Waals surface area contributed by atoms with Gasteiger partial charge in [0, 0.05) is 11.6 Å². The van der Waals surface area contributed by atoms with Crippen LogP contribution in [0.25, 0.3) is 17.4 Å². The van der Waals surface area contributed by atoms with E-state index in [1.807, 2.05) is 0 Å². The normalized spacial score (nSPS) is 15.2. The van der Waals surface area contributed by atoms with Gasteiger partial charge in [-0.2, -0.15) is 0 Å². The van der Waals surface area contributed by atoms with Crippen molar-refractivity contribution >= 4 is 29.4 Å². The molecule has 0 aliphatic carbocycles. The number of rotatable bonds is 6. The average Bonchev–Trinajstić information content (AvgIpc) is 3.48. The Morgan fingerprint density at radius 1 is 1.13 bits per heavy atom. The van der Waals surface area contributed by atoms with Crippen LogP contribution in [0.3, 0.4) is 0 Å². The van der Waals surface area contributed by atoms with E-state index >= 15 is 0 Å². The molecule has 1 N–H and O–H groups in total. The Hall–Kier alpha value is -4.57. The summed E-state index contributed by atoms with van der Waals surface area (Å²) in [7, 11) is 0. The average molecular weight is 533 g/mol. The third kappa shape index (κ3) is 4.61. The summed E-state index contributed by atoms with van der Waals surface area (Å²) in [6.45, 7) is 3.51. The molecular weight excluding hydrogens is 511 g/mol. The Kier molecular flexibility index (Phi) is 6.64. The van der Waals surface area contributed by atoms with E-state index in [2.05, 4.69) is 4.99 Å². The molecule has 0 radical (unpaired) electrons. The molecule has 3 heterocycles. The second kappa shape index (κ2) is 10.1. The zero-order valence-corrected chi connectivity index (χ0v) is 21.1. The first-order valence-electron chi connectivity index (χ1n) is 11.7. The van der Waals surface area contributed by atoms with Crippen LogP contribution >= 0.6 is 11.3 Å². The number of ether oxygens (including phenoxy) is 1. The monoisotopic (exact) mass is 532 g/mol. The van der Waals surface area contributed by atoms with E-state index < -0.39 is 23.8 Å². The largest absolute Gasteiger partial charge is 0.478 e. The number of nitrogens with zero attached hydrogens (tertiary/aromatic N) is 2. The first kappa shape index (κ1) is 25.1. The van der Waals surface area contributed by atoms with E-state index in [1.54, 1.807) is 44.2 Å². The molecule has 4 aromatic rings. The van der Waals surface area contributed by atoms with Gasteiger partial charge in [-0.15, -0.1) is 0 Å². The molecule has 1 aliphatic heterocycles. The lowest BCUT2D eigenvalue weighted by atomic mass is 9.96. The number of fused-ring (bicyclic) bond motifs is 1. The zero-order chi connectivity index (χ0) is 27.0. The number of carboxylic acid groups (broad SMARTS) is 1. The number of carbonyl (C=O) groups is 2. The fourth-order valence-electron chi connectivity index (χ4n) is 4.24. The second-order valence-corrected chi connectivity index (χ2v) is 9.45. The van der Waals surface area contributed by atoms with Crippen molar-refractivity contribution in [3.05, 3.63) is 114 Å². The van der Waals surface area contributed by atoms with Crippen molar-refractivity contribution in [3.63, 3.8) is 0 Å². The van der Waals surface area contributed by atoms with Crippen molar-refractivity contribution in [1.82, 2.24) is 4.57 Å². The minimum atomic E-state index is -1.02. The van der Waals surface area contributed by atoms with E-state index in [1.165, 1.54) is 41.0 Å². The van der Waals surface area contributed by atoms with Crippen molar-refractivity contribution in [2.45, 2.75) is 19.9 Å². The van der Waals surface area contributed by atoms with Crippen LogP contribution in [0, 0.1) is 5.82 Å². The highest BCUT2D eigenvalue weighted by atomic mass is 32.1. The molecule has 0 fully saturated rings. The third-order valence-corrected chi connectivity index (χ3v) is 7.00. The van der Waals surface area contributed by atoms with E-state index in [0.29, 0.717) is 37.7 Å². The Labute approximate surface area is 219 Å². The SMILES string of the molecule is CCOC(=O)C1=C(C)N=c2s/c(=C\c3ccc(-c4ccc(C(=O)O)cc4)o3)c(=O)n2C1c1ccc(F)cc1. The molecule has 1 unspecified atom stereocenters. The first-order chi connectivity index (χ1) is 18.3. The molecule has 1 aliphatic rings. The summed E-state index contributed by atoms with van der Waals surface area (Å²) in [5.74, 6) is -1.14. The highest BCUT2D eigenvalue weighted by molar-refractivity contribution is 7.07. The van der Waals surface area contributed by atoms with Crippen LogP contribution in [0.1, 0.15) is 41.6 Å². The van der Waals surface area contributed by atoms with Crippen LogP contribution in [-0.2, 0) is 9.53 Å². The minimum Gasteiger partial charge on any atom is -0.478 e. The maximum atomic E-state index is 13.7. The van der Waals surface area contributed by atoms with Crippen molar-refractivity contribution in [1.29, 1.82) is 0 Å². The molecule has 2 aromatic carbocycles. The minimum absolute atomic E-state index is 0.149. The summed E-state index contributed by atoms with van der Waals surface area (Å²) in [6.07, 6.45) is 1.59. The molecule has 0 saturated carbocycles. The summed E-state index contributed by atoms with van der Waals surface area (Å²) in [4.78, 5) is 42.5. The number of benzene rings is 2. The van der Waals surface area contributed by atoms with Gasteiger partial charge < -0.3 is 14.3 Å². The predicted molar refractivity (Wildman–Crippen MR) is 138 cm³/mol. The topological polar surface area (TPSA) is 111 Å². The first-order valence-corrected chi connectivity index (χ1v) is 12.5. The number of esters is 1. The smallest absolute Gasteiger partial charge is 0.338 e. The molecule has 38 heavy (non-hydrogen) atoms. The fourth-order valence-corrected chi connectivity index (χ4v) is 5.27. The third-order valence-electron chi connectivity index (χ3n) is 6.02. The summed E-state index contributed by atoms with van der Waals surface area (Å²) in [5, 5.41) is 9.09. The fraction of sp³-hybridized carbons (Fsp3) is 0.143. The van der Waals surface area contributed by atoms with Crippen LogP contribution in [0.2, 0.25) is 0 Å². The van der Waals surface area contributed by atoms with Crippen LogP contribution in [0.15, 0.2) is 86.1 Å². The van der Waals surface area contributed by atoms with Crippen molar-refractivity contribution in [3.8, 4) is 11.3 Å². The highest BCUT2D eigenvalue weighted by Crippen LogP contribution is 2.31. The standard InChI is InChI=1S/C28H21FN2O6S/c1-3-36-27(35)23-15(2)30-28-31(24(23)17-8-10-19(29)11-9-17)25(32)22(38-28)14-20-12-13-21(37-20)16-4-6-18(7-5-16)26(33)34/h4-14,24H,3H2,1-2H3,(H,33,34)/b22-14-. The Morgan fingerprint density at radius 3 is 2.50 bits per heavy atom. The molecule has 192 valence electrons. The molecule has 5 rings (SSSR count). The van der Waals surface area contributed by atoms with Gasteiger partial charge >= 0.3 is 11.9 Å². The second-order valence-electron chi connectivity index (χ2n) is 8.44. The Bertz CT molecular complexity index is 1760. The molecule has 10 heteroatoms. The number of carboxylic acids is 1. The highest BCUT2D eigenvalue weighted by Gasteiger charge is 2.33. The maximum absolute atomic E-state index is 13.7. The summed E-state index contributed by atoms with van der Waals surface area (Å²) < 4.78 is 26.6. The molecule has 2 aromatic heterocycles. The number of carbonyl (C=O) groups excluding carboxylic acids is 1. The van der Waals surface area contributed by atoms with E-state index in [9.17, 15) is 18.8 Å². The van der Waals surface area contributed by atoms with Gasteiger partial charge in [0.15, 0.2) is 4.80 Å². The number of aromatic nitrogens is 1. The summed E-state index contributed by atoms with van der Waals surface area (Å²) in [6, 6.07) is 14.4. The lowest BCUT2D eigenvalue weighted by Crippen LogP contribution is -2.39. The molecule has 0 bridgehead atoms. The molecule has 1 atom stereocenters. The number of hydrogen-bond donors (Lipinski definition) is 1. The van der Waals surface area contributed by atoms with Crippen molar-refractivity contribution < 1.29 is 28.2 Å². The molecule has 8 nitrogen and oxygen atoms in total. The van der Waals surface area contributed by atoms with E-state index in [-0.39, 0.29) is 23.3 Å². The van der Waals surface area contributed by atoms with Crippen LogP contribution < -0.4 is 14.9 Å². The van der Waals surface area contributed by atoms with Gasteiger partial charge in [-0.3, -0.25) is 9.36 Å². The number of hydrogen-bond acceptors (Lipinski definition) is 7. The summed E-state index contributed by atoms with van der Waals surface area (Å²) in [5.41, 5.74) is 1.62. The van der Waals surface area contributed by atoms with Gasteiger partial charge in [0.25, 0.3) is 5.56 Å². The van der Waals surface area contributed by atoms with E-state index in [0.717, 1.165) is 11.3 Å². The number of halogens is 1. The maximum Gasteiger partial charge on any atom is 0.338 e. The van der Waals surface area contributed by atoms with Crippen molar-refractivity contribution in [2.75, 3.05) is 6.61 Å². The Morgan fingerprint density at radius 2 is 1.84 bits per heavy atom. The van der Waals surface area contributed by atoms with Crippen LogP contribution in [0.4, 0.5) is 4.39 Å². The molecule has 0 amide bonds. The zero-order valence-electron chi connectivity index (χ0n) is 20.3. The van der Waals surface area contributed by atoms with Gasteiger partial charge in [0.1, 0.15) is 17.3 Å². The molecule has 0 spiro atoms. The number of thiazole rings is 1. The van der Waals surface area contributed by atoms with Crippen molar-refractivity contribution in [2.24, 2.45) is 4.99 Å². The van der Waals surface area contributed by atoms with Gasteiger partial charge in [0.2, 0.25) is 0 Å². The molecule has 0 saturated heterocycles. The van der Waals surface area contributed by atoms with Gasteiger partial charge in [-0.1, -0.05) is 35.6 Å².